The van der Waals surface area contributed by atoms with E-state index in [2.05, 4.69) is 20.5 Å². The van der Waals surface area contributed by atoms with Crippen molar-refractivity contribution in [1.82, 2.24) is 19.6 Å². The van der Waals surface area contributed by atoms with Crippen LogP contribution in [0, 0.1) is 0 Å². The summed E-state index contributed by atoms with van der Waals surface area (Å²) in [5, 5.41) is 19.3. The largest absolute Gasteiger partial charge is 0.481 e. The van der Waals surface area contributed by atoms with E-state index in [0.29, 0.717) is 11.5 Å². The average Bonchev–Trinajstić information content (AvgIpc) is 2.65. The van der Waals surface area contributed by atoms with Gasteiger partial charge in [-0.15, -0.1) is 10.2 Å². The highest BCUT2D eigenvalue weighted by atomic mass is 16.4. The number of aliphatic carboxylic acids is 1. The molecule has 0 saturated carbocycles. The fourth-order valence-electron chi connectivity index (χ4n) is 1.41. The summed E-state index contributed by atoms with van der Waals surface area (Å²) < 4.78 is 1.71. The summed E-state index contributed by atoms with van der Waals surface area (Å²) in [6.45, 7) is 1.77. The van der Waals surface area contributed by atoms with Crippen molar-refractivity contribution >= 4 is 17.4 Å². The molecule has 0 aliphatic rings. The lowest BCUT2D eigenvalue weighted by atomic mass is 10.2. The molecule has 1 atom stereocenters. The van der Waals surface area contributed by atoms with Gasteiger partial charge in [0.15, 0.2) is 5.82 Å². The lowest BCUT2D eigenvalue weighted by molar-refractivity contribution is -0.137. The molecule has 2 aromatic heterocycles. The highest BCUT2D eigenvalue weighted by Gasteiger charge is 2.11. The van der Waals surface area contributed by atoms with Crippen LogP contribution in [0.3, 0.4) is 0 Å². The first kappa shape index (κ1) is 10.3. The zero-order valence-electron chi connectivity index (χ0n) is 8.66. The molecule has 0 amide bonds. The summed E-state index contributed by atoms with van der Waals surface area (Å²) in [5.41, 5.74) is 0.583. The number of carboxylic acids is 1. The summed E-state index contributed by atoms with van der Waals surface area (Å²) in [6.07, 6.45) is 4.91. The van der Waals surface area contributed by atoms with Crippen LogP contribution in [0.25, 0.3) is 5.65 Å². The molecule has 0 aliphatic carbocycles. The summed E-state index contributed by atoms with van der Waals surface area (Å²) in [5.74, 6) is -0.317. The summed E-state index contributed by atoms with van der Waals surface area (Å²) in [4.78, 5) is 14.6. The molecule has 0 aromatic carbocycles. The van der Waals surface area contributed by atoms with Crippen molar-refractivity contribution in [1.29, 1.82) is 0 Å². The van der Waals surface area contributed by atoms with Crippen molar-refractivity contribution in [3.05, 3.63) is 18.7 Å². The molecular formula is C9H11N5O2. The SMILES string of the molecule is CC(CC(=O)O)Nc1nccn2cnnc12. The van der Waals surface area contributed by atoms with E-state index >= 15 is 0 Å². The Labute approximate surface area is 91.1 Å². The van der Waals surface area contributed by atoms with Crippen LogP contribution in [0.1, 0.15) is 13.3 Å². The molecule has 0 bridgehead atoms. The van der Waals surface area contributed by atoms with Gasteiger partial charge >= 0.3 is 5.97 Å². The number of nitrogens with zero attached hydrogens (tertiary/aromatic N) is 4. The fourth-order valence-corrected chi connectivity index (χ4v) is 1.41. The summed E-state index contributed by atoms with van der Waals surface area (Å²) >= 11 is 0. The van der Waals surface area contributed by atoms with Crippen LogP contribution in [0.4, 0.5) is 5.82 Å². The average molecular weight is 221 g/mol. The number of anilines is 1. The number of hydrogen-bond donors (Lipinski definition) is 2. The third-order valence-corrected chi connectivity index (χ3v) is 2.08. The van der Waals surface area contributed by atoms with Crippen molar-refractivity contribution in [3.63, 3.8) is 0 Å². The van der Waals surface area contributed by atoms with Gasteiger partial charge in [-0.1, -0.05) is 0 Å². The van der Waals surface area contributed by atoms with Gasteiger partial charge in [-0.2, -0.15) is 0 Å². The number of fused-ring (bicyclic) bond motifs is 1. The van der Waals surface area contributed by atoms with E-state index in [9.17, 15) is 4.79 Å². The Kier molecular flexibility index (Phi) is 2.67. The first-order chi connectivity index (χ1) is 7.66. The molecule has 0 spiro atoms. The standard InChI is InChI=1S/C9H11N5O2/c1-6(4-7(15)16)12-8-9-13-11-5-14(9)3-2-10-8/h2-3,5-6H,4H2,1H3,(H,10,12)(H,15,16). The van der Waals surface area contributed by atoms with Crippen molar-refractivity contribution < 1.29 is 9.90 Å². The molecular weight excluding hydrogens is 210 g/mol. The molecule has 0 fully saturated rings. The van der Waals surface area contributed by atoms with Crippen LogP contribution < -0.4 is 5.32 Å². The number of nitrogens with one attached hydrogen (secondary N) is 1. The molecule has 7 heteroatoms. The predicted octanol–water partition coefficient (Wildman–Crippen LogP) is 0.399. The Hall–Kier alpha value is -2.18. The zero-order chi connectivity index (χ0) is 11.5. The van der Waals surface area contributed by atoms with Gasteiger partial charge in [0.05, 0.1) is 6.42 Å². The van der Waals surface area contributed by atoms with E-state index in [1.54, 1.807) is 30.0 Å². The van der Waals surface area contributed by atoms with Crippen molar-refractivity contribution in [2.24, 2.45) is 0 Å². The van der Waals surface area contributed by atoms with Gasteiger partial charge in [0.2, 0.25) is 5.65 Å². The van der Waals surface area contributed by atoms with Gasteiger partial charge in [-0.05, 0) is 6.92 Å². The zero-order valence-corrected chi connectivity index (χ0v) is 8.66. The second-order valence-corrected chi connectivity index (χ2v) is 3.48. The maximum atomic E-state index is 10.5. The van der Waals surface area contributed by atoms with Crippen LogP contribution in [0.5, 0.6) is 0 Å². The number of rotatable bonds is 4. The molecule has 2 heterocycles. The highest BCUT2D eigenvalue weighted by molar-refractivity contribution is 5.69. The van der Waals surface area contributed by atoms with Gasteiger partial charge in [-0.3, -0.25) is 9.20 Å². The van der Waals surface area contributed by atoms with E-state index in [1.165, 1.54) is 0 Å². The lowest BCUT2D eigenvalue weighted by Crippen LogP contribution is -2.20. The van der Waals surface area contributed by atoms with Crippen molar-refractivity contribution in [2.45, 2.75) is 19.4 Å². The Balaban J connectivity index is 2.20. The number of aromatic nitrogens is 4. The van der Waals surface area contributed by atoms with Gasteiger partial charge in [0.25, 0.3) is 0 Å². The second kappa shape index (κ2) is 4.13. The molecule has 0 saturated heterocycles. The quantitative estimate of drug-likeness (QED) is 0.776. The van der Waals surface area contributed by atoms with Gasteiger partial charge in [-0.25, -0.2) is 4.98 Å². The van der Waals surface area contributed by atoms with Crippen molar-refractivity contribution in [2.75, 3.05) is 5.32 Å². The Bertz CT molecular complexity index is 509. The molecule has 0 aliphatic heterocycles. The van der Waals surface area contributed by atoms with Gasteiger partial charge in [0.1, 0.15) is 6.33 Å². The normalized spacial score (nSPS) is 12.6. The first-order valence-corrected chi connectivity index (χ1v) is 4.79. The van der Waals surface area contributed by atoms with Gasteiger partial charge in [0, 0.05) is 18.4 Å². The molecule has 2 N–H and O–H groups in total. The first-order valence-electron chi connectivity index (χ1n) is 4.79. The van der Waals surface area contributed by atoms with Crippen LogP contribution >= 0.6 is 0 Å². The van der Waals surface area contributed by atoms with Crippen LogP contribution in [0.15, 0.2) is 18.7 Å². The monoisotopic (exact) mass is 221 g/mol. The van der Waals surface area contributed by atoms with Crippen LogP contribution in [0.2, 0.25) is 0 Å². The topological polar surface area (TPSA) is 92.4 Å². The number of carboxylic acid groups (broad SMARTS) is 1. The minimum Gasteiger partial charge on any atom is -0.481 e. The Morgan fingerprint density at radius 3 is 3.25 bits per heavy atom. The molecule has 2 rings (SSSR count). The Morgan fingerprint density at radius 1 is 1.69 bits per heavy atom. The maximum Gasteiger partial charge on any atom is 0.305 e. The highest BCUT2D eigenvalue weighted by Crippen LogP contribution is 2.11. The smallest absolute Gasteiger partial charge is 0.305 e. The van der Waals surface area contributed by atoms with Crippen LogP contribution in [-0.2, 0) is 4.79 Å². The summed E-state index contributed by atoms with van der Waals surface area (Å²) in [7, 11) is 0. The van der Waals surface area contributed by atoms with E-state index in [1.807, 2.05) is 0 Å². The van der Waals surface area contributed by atoms with E-state index in [-0.39, 0.29) is 12.5 Å². The number of carbonyl (C=O) groups is 1. The molecule has 84 valence electrons. The minimum atomic E-state index is -0.853. The van der Waals surface area contributed by atoms with E-state index in [4.69, 9.17) is 5.11 Å². The maximum absolute atomic E-state index is 10.5. The fraction of sp³-hybridized carbons (Fsp3) is 0.333. The second-order valence-electron chi connectivity index (χ2n) is 3.48. The minimum absolute atomic E-state index is 0.0247. The van der Waals surface area contributed by atoms with Crippen molar-refractivity contribution in [3.8, 4) is 0 Å². The molecule has 7 nitrogen and oxygen atoms in total. The predicted molar refractivity (Wildman–Crippen MR) is 56.1 cm³/mol. The molecule has 1 unspecified atom stereocenters. The number of hydrogen-bond acceptors (Lipinski definition) is 5. The summed E-state index contributed by atoms with van der Waals surface area (Å²) in [6, 6.07) is -0.215. The molecule has 0 radical (unpaired) electrons. The van der Waals surface area contributed by atoms with E-state index < -0.39 is 5.97 Å². The third kappa shape index (κ3) is 2.08. The molecule has 2 aromatic rings. The van der Waals surface area contributed by atoms with Gasteiger partial charge < -0.3 is 10.4 Å². The lowest BCUT2D eigenvalue weighted by Gasteiger charge is -2.11. The third-order valence-electron chi connectivity index (χ3n) is 2.08. The Morgan fingerprint density at radius 2 is 2.50 bits per heavy atom. The van der Waals surface area contributed by atoms with Crippen LogP contribution in [-0.4, -0.2) is 36.7 Å². The molecule has 16 heavy (non-hydrogen) atoms. The van der Waals surface area contributed by atoms with E-state index in [0.717, 1.165) is 0 Å².